The Morgan fingerprint density at radius 2 is 1.80 bits per heavy atom. The number of nitrogen functional groups attached to an aromatic ring is 2. The molecule has 0 heterocycles. The summed E-state index contributed by atoms with van der Waals surface area (Å²) in [5, 5.41) is 0. The molecule has 2 rings (SSSR count). The van der Waals surface area contributed by atoms with Gasteiger partial charge in [0.2, 0.25) is 0 Å². The van der Waals surface area contributed by atoms with E-state index in [1.54, 1.807) is 24.3 Å². The summed E-state index contributed by atoms with van der Waals surface area (Å²) in [5.41, 5.74) is 14.0. The van der Waals surface area contributed by atoms with Crippen molar-refractivity contribution in [3.05, 3.63) is 36.4 Å². The van der Waals surface area contributed by atoms with E-state index in [1.165, 1.54) is 12.2 Å². The Morgan fingerprint density at radius 3 is 2.45 bits per heavy atom. The lowest BCUT2D eigenvalue weighted by molar-refractivity contribution is -0.110. The van der Waals surface area contributed by atoms with Crippen LogP contribution >= 0.6 is 0 Å². The van der Waals surface area contributed by atoms with Crippen molar-refractivity contribution in [2.75, 3.05) is 18.1 Å². The minimum Gasteiger partial charge on any atom is -0.491 e. The van der Waals surface area contributed by atoms with Crippen molar-refractivity contribution in [3.8, 4) is 5.75 Å². The third-order valence-corrected chi connectivity index (χ3v) is 2.71. The number of aliphatic imine (C=N–C) groups is 1. The van der Waals surface area contributed by atoms with Gasteiger partial charge in [0.15, 0.2) is 5.78 Å². The molecule has 0 fully saturated rings. The molecule has 104 valence electrons. The first-order valence-electron chi connectivity index (χ1n) is 6.40. The van der Waals surface area contributed by atoms with Crippen LogP contribution in [0.5, 0.6) is 5.75 Å². The van der Waals surface area contributed by atoms with Crippen LogP contribution in [0.1, 0.15) is 13.3 Å². The van der Waals surface area contributed by atoms with E-state index < -0.39 is 0 Å². The summed E-state index contributed by atoms with van der Waals surface area (Å²) >= 11 is 0. The minimum atomic E-state index is -0.0544. The molecule has 5 nitrogen and oxygen atoms in total. The van der Waals surface area contributed by atoms with E-state index in [-0.39, 0.29) is 5.78 Å². The first-order valence-corrected chi connectivity index (χ1v) is 6.40. The van der Waals surface area contributed by atoms with Gasteiger partial charge in [-0.25, -0.2) is 4.99 Å². The van der Waals surface area contributed by atoms with Gasteiger partial charge >= 0.3 is 0 Å². The summed E-state index contributed by atoms with van der Waals surface area (Å²) in [4.78, 5) is 15.4. The number of allylic oxidation sites excluding steroid dienone is 4. The highest BCUT2D eigenvalue weighted by Gasteiger charge is 2.08. The molecule has 5 heteroatoms. The molecule has 0 spiro atoms. The van der Waals surface area contributed by atoms with Gasteiger partial charge in [0.25, 0.3) is 0 Å². The summed E-state index contributed by atoms with van der Waals surface area (Å²) in [6.07, 6.45) is 7.10. The van der Waals surface area contributed by atoms with Gasteiger partial charge in [0.1, 0.15) is 5.75 Å². The zero-order valence-electron chi connectivity index (χ0n) is 11.3. The molecule has 0 unspecified atom stereocenters. The zero-order valence-corrected chi connectivity index (χ0v) is 11.3. The Balaban J connectivity index is 2.32. The highest BCUT2D eigenvalue weighted by atomic mass is 16.5. The standard InChI is InChI=1S/C15H17N3O2/c1-2-7-20-15-9-14(12(16)8-13(15)17)18-10-3-5-11(19)6-4-10/h3-6,8-9H,2,7,16-17H2,1H3. The molecule has 4 N–H and O–H groups in total. The minimum absolute atomic E-state index is 0.0544. The average molecular weight is 271 g/mol. The molecule has 0 amide bonds. The van der Waals surface area contributed by atoms with E-state index in [4.69, 9.17) is 16.2 Å². The van der Waals surface area contributed by atoms with Crippen molar-refractivity contribution in [2.24, 2.45) is 4.99 Å². The van der Waals surface area contributed by atoms with Crippen molar-refractivity contribution in [1.82, 2.24) is 0 Å². The Kier molecular flexibility index (Phi) is 4.20. The van der Waals surface area contributed by atoms with Crippen LogP contribution in [-0.4, -0.2) is 18.1 Å². The largest absolute Gasteiger partial charge is 0.491 e. The number of anilines is 2. The van der Waals surface area contributed by atoms with Crippen LogP contribution < -0.4 is 16.2 Å². The van der Waals surface area contributed by atoms with Crippen molar-refractivity contribution in [1.29, 1.82) is 0 Å². The number of ether oxygens (including phenoxy) is 1. The van der Waals surface area contributed by atoms with E-state index in [9.17, 15) is 4.79 Å². The molecule has 0 saturated carbocycles. The summed E-state index contributed by atoms with van der Waals surface area (Å²) in [6.45, 7) is 2.60. The number of carbonyl (C=O) groups is 1. The van der Waals surface area contributed by atoms with Crippen molar-refractivity contribution in [3.63, 3.8) is 0 Å². The maximum Gasteiger partial charge on any atom is 0.178 e. The molecule has 0 radical (unpaired) electrons. The van der Waals surface area contributed by atoms with Crippen molar-refractivity contribution in [2.45, 2.75) is 13.3 Å². The number of rotatable bonds is 4. The number of ketones is 1. The molecule has 0 saturated heterocycles. The number of benzene rings is 1. The predicted octanol–water partition coefficient (Wildman–Crippen LogP) is 2.41. The predicted molar refractivity (Wildman–Crippen MR) is 81.4 cm³/mol. The first-order chi connectivity index (χ1) is 9.60. The summed E-state index contributed by atoms with van der Waals surface area (Å²) < 4.78 is 5.55. The van der Waals surface area contributed by atoms with Gasteiger partial charge < -0.3 is 16.2 Å². The molecule has 0 aromatic heterocycles. The zero-order chi connectivity index (χ0) is 14.5. The SMILES string of the molecule is CCCOc1cc(N=C2C=CC(=O)C=C2)c(N)cc1N. The van der Waals surface area contributed by atoms with Gasteiger partial charge in [-0.2, -0.15) is 0 Å². The Bertz CT molecular complexity index is 598. The first kappa shape index (κ1) is 13.9. The van der Waals surface area contributed by atoms with Gasteiger partial charge in [-0.15, -0.1) is 0 Å². The van der Waals surface area contributed by atoms with Gasteiger partial charge in [-0.1, -0.05) is 6.92 Å². The molecule has 1 aromatic carbocycles. The smallest absolute Gasteiger partial charge is 0.178 e. The third kappa shape index (κ3) is 3.26. The van der Waals surface area contributed by atoms with Gasteiger partial charge in [0, 0.05) is 6.07 Å². The maximum absolute atomic E-state index is 11.1. The fourth-order valence-electron chi connectivity index (χ4n) is 1.70. The van der Waals surface area contributed by atoms with E-state index in [0.717, 1.165) is 6.42 Å². The van der Waals surface area contributed by atoms with Crippen LogP contribution in [0.25, 0.3) is 0 Å². The summed E-state index contributed by atoms with van der Waals surface area (Å²) in [5.74, 6) is 0.515. The molecular weight excluding hydrogens is 254 g/mol. The number of hydrogen-bond donors (Lipinski definition) is 2. The second kappa shape index (κ2) is 6.06. The lowest BCUT2D eigenvalue weighted by atomic mass is 10.1. The Hall–Kier alpha value is -2.56. The molecule has 1 aliphatic rings. The average Bonchev–Trinajstić information content (AvgIpc) is 2.43. The van der Waals surface area contributed by atoms with Crippen LogP contribution in [0.4, 0.5) is 17.1 Å². The van der Waals surface area contributed by atoms with Crippen molar-refractivity contribution < 1.29 is 9.53 Å². The number of carbonyl (C=O) groups excluding carboxylic acids is 1. The highest BCUT2D eigenvalue weighted by Crippen LogP contribution is 2.33. The molecule has 1 aliphatic carbocycles. The topological polar surface area (TPSA) is 90.7 Å². The highest BCUT2D eigenvalue weighted by molar-refractivity contribution is 6.17. The quantitative estimate of drug-likeness (QED) is 0.650. The third-order valence-electron chi connectivity index (χ3n) is 2.71. The Labute approximate surface area is 117 Å². The lowest BCUT2D eigenvalue weighted by Crippen LogP contribution is -2.01. The van der Waals surface area contributed by atoms with Crippen LogP contribution in [0.3, 0.4) is 0 Å². The number of nitrogens with two attached hydrogens (primary N) is 2. The fourth-order valence-corrected chi connectivity index (χ4v) is 1.70. The van der Waals surface area contributed by atoms with Gasteiger partial charge in [-0.3, -0.25) is 4.79 Å². The second-order valence-electron chi connectivity index (χ2n) is 4.40. The molecule has 0 aliphatic heterocycles. The van der Waals surface area contributed by atoms with Crippen LogP contribution in [0.2, 0.25) is 0 Å². The fraction of sp³-hybridized carbons (Fsp3) is 0.200. The summed E-state index contributed by atoms with van der Waals surface area (Å²) in [7, 11) is 0. The van der Waals surface area contributed by atoms with E-state index in [1.807, 2.05) is 6.92 Å². The molecule has 20 heavy (non-hydrogen) atoms. The van der Waals surface area contributed by atoms with Gasteiger partial charge in [0.05, 0.1) is 29.4 Å². The van der Waals surface area contributed by atoms with E-state index in [0.29, 0.717) is 35.1 Å². The normalized spacial score (nSPS) is 13.7. The number of nitrogens with zero attached hydrogens (tertiary/aromatic N) is 1. The van der Waals surface area contributed by atoms with E-state index >= 15 is 0 Å². The number of hydrogen-bond acceptors (Lipinski definition) is 5. The van der Waals surface area contributed by atoms with Crippen LogP contribution in [0, 0.1) is 0 Å². The summed E-state index contributed by atoms with van der Waals surface area (Å²) in [6, 6.07) is 3.34. The second-order valence-corrected chi connectivity index (χ2v) is 4.40. The lowest BCUT2D eigenvalue weighted by Gasteiger charge is -2.11. The van der Waals surface area contributed by atoms with Crippen molar-refractivity contribution >= 4 is 28.6 Å². The van der Waals surface area contributed by atoms with Crippen LogP contribution in [-0.2, 0) is 4.79 Å². The molecule has 0 atom stereocenters. The Morgan fingerprint density at radius 1 is 1.10 bits per heavy atom. The monoisotopic (exact) mass is 271 g/mol. The molecular formula is C15H17N3O2. The molecule has 0 bridgehead atoms. The van der Waals surface area contributed by atoms with Gasteiger partial charge in [-0.05, 0) is 36.8 Å². The van der Waals surface area contributed by atoms with Crippen LogP contribution in [0.15, 0.2) is 41.4 Å². The molecule has 1 aromatic rings. The van der Waals surface area contributed by atoms with E-state index in [2.05, 4.69) is 4.99 Å². The maximum atomic E-state index is 11.1.